The van der Waals surface area contributed by atoms with Crippen LogP contribution in [0.5, 0.6) is 5.75 Å². The molecule has 0 fully saturated rings. The van der Waals surface area contributed by atoms with Gasteiger partial charge in [0.15, 0.2) is 11.3 Å². The standard InChI is InChI=1S/C19H19N5O3S/c1-10(2)24-17-13(8-21-24)15(11-4-6-12(27-3)7-5-11)16-18(22-17)23(9-14(20)25)19(26)28-16/h4-8,10H,9H2,1-3H3,(H2,20,25). The molecule has 144 valence electrons. The van der Waals surface area contributed by atoms with Gasteiger partial charge in [-0.3, -0.25) is 14.2 Å². The van der Waals surface area contributed by atoms with Crippen molar-refractivity contribution in [3.63, 3.8) is 0 Å². The van der Waals surface area contributed by atoms with Crippen molar-refractivity contribution in [1.29, 1.82) is 0 Å². The SMILES string of the molecule is COc1ccc(-c2c3cnn(C(C)C)c3nc3c2sc(=O)n3CC(N)=O)cc1. The second-order valence-electron chi connectivity index (χ2n) is 6.71. The second-order valence-corrected chi connectivity index (χ2v) is 7.67. The molecule has 3 aromatic heterocycles. The van der Waals surface area contributed by atoms with Crippen LogP contribution in [-0.2, 0) is 11.3 Å². The first-order chi connectivity index (χ1) is 13.4. The lowest BCUT2D eigenvalue weighted by Crippen LogP contribution is -2.24. The zero-order chi connectivity index (χ0) is 20.0. The number of primary amides is 1. The zero-order valence-corrected chi connectivity index (χ0v) is 16.5. The van der Waals surface area contributed by atoms with E-state index < -0.39 is 5.91 Å². The molecule has 0 aliphatic carbocycles. The number of nitrogens with two attached hydrogens (primary N) is 1. The molecule has 0 atom stereocenters. The van der Waals surface area contributed by atoms with E-state index in [-0.39, 0.29) is 17.5 Å². The van der Waals surface area contributed by atoms with E-state index in [9.17, 15) is 9.59 Å². The van der Waals surface area contributed by atoms with Gasteiger partial charge in [0.1, 0.15) is 12.3 Å². The third kappa shape index (κ3) is 2.84. The van der Waals surface area contributed by atoms with Gasteiger partial charge in [-0.2, -0.15) is 5.10 Å². The van der Waals surface area contributed by atoms with Crippen molar-refractivity contribution in [3.05, 3.63) is 40.1 Å². The Morgan fingerprint density at radius 1 is 1.25 bits per heavy atom. The lowest BCUT2D eigenvalue weighted by molar-refractivity contribution is -0.118. The molecule has 0 radical (unpaired) electrons. The number of ether oxygens (including phenoxy) is 1. The summed E-state index contributed by atoms with van der Waals surface area (Å²) in [5, 5.41) is 5.33. The van der Waals surface area contributed by atoms with Crippen LogP contribution in [0.1, 0.15) is 19.9 Å². The summed E-state index contributed by atoms with van der Waals surface area (Å²) >= 11 is 1.05. The van der Waals surface area contributed by atoms with Gasteiger partial charge in [-0.05, 0) is 31.5 Å². The molecule has 0 saturated carbocycles. The predicted octanol–water partition coefficient (Wildman–Crippen LogP) is 2.55. The molecule has 4 rings (SSSR count). The van der Waals surface area contributed by atoms with Crippen LogP contribution >= 0.6 is 11.3 Å². The maximum Gasteiger partial charge on any atom is 0.309 e. The van der Waals surface area contributed by atoms with Crippen molar-refractivity contribution >= 4 is 38.6 Å². The summed E-state index contributed by atoms with van der Waals surface area (Å²) < 4.78 is 9.08. The number of carbonyl (C=O) groups excluding carboxylic acids is 1. The van der Waals surface area contributed by atoms with Crippen molar-refractivity contribution in [2.75, 3.05) is 7.11 Å². The number of carbonyl (C=O) groups is 1. The lowest BCUT2D eigenvalue weighted by atomic mass is 10.0. The molecule has 4 aromatic rings. The molecule has 0 aliphatic heterocycles. The Morgan fingerprint density at radius 3 is 2.57 bits per heavy atom. The van der Waals surface area contributed by atoms with Gasteiger partial charge in [-0.15, -0.1) is 0 Å². The number of nitrogens with zero attached hydrogens (tertiary/aromatic N) is 4. The summed E-state index contributed by atoms with van der Waals surface area (Å²) in [4.78, 5) is 28.5. The number of aromatic nitrogens is 4. The third-order valence-electron chi connectivity index (χ3n) is 4.53. The van der Waals surface area contributed by atoms with Crippen LogP contribution in [-0.4, -0.2) is 32.3 Å². The Hall–Kier alpha value is -3.20. The summed E-state index contributed by atoms with van der Waals surface area (Å²) in [6, 6.07) is 7.68. The molecule has 0 aliphatic rings. The van der Waals surface area contributed by atoms with E-state index in [1.807, 2.05) is 38.1 Å². The Kier molecular flexibility index (Phi) is 4.38. The summed E-state index contributed by atoms with van der Waals surface area (Å²) in [6.45, 7) is 3.81. The summed E-state index contributed by atoms with van der Waals surface area (Å²) in [6.07, 6.45) is 1.77. The fourth-order valence-corrected chi connectivity index (χ4v) is 4.27. The molecule has 3 heterocycles. The first kappa shape index (κ1) is 18.2. The van der Waals surface area contributed by atoms with E-state index in [1.54, 1.807) is 18.0 Å². The maximum absolute atomic E-state index is 12.6. The molecule has 0 unspecified atom stereocenters. The van der Waals surface area contributed by atoms with Gasteiger partial charge in [-0.25, -0.2) is 9.67 Å². The Labute approximate surface area is 164 Å². The van der Waals surface area contributed by atoms with E-state index >= 15 is 0 Å². The smallest absolute Gasteiger partial charge is 0.309 e. The highest BCUT2D eigenvalue weighted by molar-refractivity contribution is 7.17. The van der Waals surface area contributed by atoms with Crippen molar-refractivity contribution in [2.45, 2.75) is 26.4 Å². The van der Waals surface area contributed by atoms with Crippen molar-refractivity contribution in [3.8, 4) is 16.9 Å². The van der Waals surface area contributed by atoms with Gasteiger partial charge < -0.3 is 10.5 Å². The first-order valence-corrected chi connectivity index (χ1v) is 9.55. The highest BCUT2D eigenvalue weighted by atomic mass is 32.1. The van der Waals surface area contributed by atoms with Crippen LogP contribution in [0.4, 0.5) is 0 Å². The quantitative estimate of drug-likeness (QED) is 0.557. The Balaban J connectivity index is 2.12. The van der Waals surface area contributed by atoms with Crippen molar-refractivity contribution in [1.82, 2.24) is 19.3 Å². The normalized spacial score (nSPS) is 11.6. The van der Waals surface area contributed by atoms with Gasteiger partial charge in [0.25, 0.3) is 0 Å². The van der Waals surface area contributed by atoms with Crippen LogP contribution in [0.3, 0.4) is 0 Å². The van der Waals surface area contributed by atoms with Crippen LogP contribution in [0.15, 0.2) is 35.3 Å². The number of methoxy groups -OCH3 is 1. The van der Waals surface area contributed by atoms with Crippen LogP contribution in [0.2, 0.25) is 0 Å². The van der Waals surface area contributed by atoms with Gasteiger partial charge in [0.05, 0.1) is 18.0 Å². The minimum Gasteiger partial charge on any atom is -0.497 e. The van der Waals surface area contributed by atoms with Gasteiger partial charge in [-0.1, -0.05) is 23.5 Å². The molecule has 1 aromatic carbocycles. The monoisotopic (exact) mass is 397 g/mol. The molecule has 1 amide bonds. The fraction of sp³-hybridized carbons (Fsp3) is 0.263. The van der Waals surface area contributed by atoms with E-state index in [0.717, 1.165) is 33.6 Å². The number of amides is 1. The van der Waals surface area contributed by atoms with Crippen LogP contribution < -0.4 is 15.3 Å². The lowest BCUT2D eigenvalue weighted by Gasteiger charge is -2.10. The fourth-order valence-electron chi connectivity index (χ4n) is 3.25. The van der Waals surface area contributed by atoms with Gasteiger partial charge in [0, 0.05) is 17.0 Å². The molecule has 0 bridgehead atoms. The second kappa shape index (κ2) is 6.75. The van der Waals surface area contributed by atoms with E-state index in [2.05, 4.69) is 5.10 Å². The Bertz CT molecular complexity index is 1250. The Morgan fingerprint density at radius 2 is 1.96 bits per heavy atom. The average Bonchev–Trinajstić information content (AvgIpc) is 3.21. The van der Waals surface area contributed by atoms with E-state index in [0.29, 0.717) is 16.0 Å². The molecular weight excluding hydrogens is 378 g/mol. The average molecular weight is 397 g/mol. The van der Waals surface area contributed by atoms with E-state index in [4.69, 9.17) is 15.5 Å². The molecule has 9 heteroatoms. The van der Waals surface area contributed by atoms with Crippen LogP contribution in [0.25, 0.3) is 32.5 Å². The number of rotatable bonds is 5. The van der Waals surface area contributed by atoms with Crippen molar-refractivity contribution in [2.24, 2.45) is 5.73 Å². The molecule has 28 heavy (non-hydrogen) atoms. The summed E-state index contributed by atoms with van der Waals surface area (Å²) in [5.74, 6) is 0.148. The third-order valence-corrected chi connectivity index (χ3v) is 5.51. The minimum atomic E-state index is -0.591. The predicted molar refractivity (Wildman–Crippen MR) is 109 cm³/mol. The number of thiazole rings is 1. The molecular formula is C19H19N5O3S. The number of fused-ring (bicyclic) bond motifs is 2. The largest absolute Gasteiger partial charge is 0.497 e. The molecule has 8 nitrogen and oxygen atoms in total. The number of pyridine rings is 1. The molecule has 0 spiro atoms. The number of hydrogen-bond acceptors (Lipinski definition) is 6. The molecule has 0 saturated heterocycles. The van der Waals surface area contributed by atoms with Gasteiger partial charge in [0.2, 0.25) is 5.91 Å². The van der Waals surface area contributed by atoms with Crippen LogP contribution in [0, 0.1) is 0 Å². The number of benzene rings is 1. The molecule has 2 N–H and O–H groups in total. The topological polar surface area (TPSA) is 105 Å². The number of hydrogen-bond donors (Lipinski definition) is 1. The maximum atomic E-state index is 12.6. The summed E-state index contributed by atoms with van der Waals surface area (Å²) in [7, 11) is 1.61. The van der Waals surface area contributed by atoms with Gasteiger partial charge >= 0.3 is 4.87 Å². The van der Waals surface area contributed by atoms with Crippen molar-refractivity contribution < 1.29 is 9.53 Å². The minimum absolute atomic E-state index is 0.0844. The first-order valence-electron chi connectivity index (χ1n) is 8.74. The highest BCUT2D eigenvalue weighted by Crippen LogP contribution is 2.37. The highest BCUT2D eigenvalue weighted by Gasteiger charge is 2.21. The zero-order valence-electron chi connectivity index (χ0n) is 15.7. The van der Waals surface area contributed by atoms with E-state index in [1.165, 1.54) is 4.57 Å². The summed E-state index contributed by atoms with van der Waals surface area (Å²) in [5.41, 5.74) is 8.21.